The van der Waals surface area contributed by atoms with Gasteiger partial charge in [0.05, 0.1) is 11.0 Å². The van der Waals surface area contributed by atoms with E-state index in [1.807, 2.05) is 0 Å². The molecule has 3 aliphatic carbocycles. The predicted octanol–water partition coefficient (Wildman–Crippen LogP) is 9.94. The zero-order valence-electron chi connectivity index (χ0n) is 25.0. The molecule has 5 aliphatic rings. The van der Waals surface area contributed by atoms with E-state index < -0.39 is 0 Å². The molecule has 5 unspecified atom stereocenters. The highest BCUT2D eigenvalue weighted by Gasteiger charge is 2.71. The van der Waals surface area contributed by atoms with Crippen molar-refractivity contribution in [3.05, 3.63) is 98.8 Å². The first kappa shape index (κ1) is 26.2. The van der Waals surface area contributed by atoms with Gasteiger partial charge in [-0.15, -0.1) is 11.3 Å². The summed E-state index contributed by atoms with van der Waals surface area (Å²) in [4.78, 5) is 3.11. The van der Waals surface area contributed by atoms with Crippen LogP contribution < -0.4 is 0 Å². The van der Waals surface area contributed by atoms with E-state index in [-0.39, 0.29) is 11.0 Å². The Bertz CT molecular complexity index is 1540. The van der Waals surface area contributed by atoms with Crippen molar-refractivity contribution in [3.63, 3.8) is 0 Å². The Morgan fingerprint density at radius 1 is 0.975 bits per heavy atom. The van der Waals surface area contributed by atoms with Crippen LogP contribution >= 0.6 is 11.3 Å². The van der Waals surface area contributed by atoms with Crippen LogP contribution in [0.25, 0.3) is 16.7 Å². The molecule has 3 heterocycles. The van der Waals surface area contributed by atoms with Crippen LogP contribution in [-0.4, -0.2) is 22.4 Å². The Morgan fingerprint density at radius 3 is 2.45 bits per heavy atom. The maximum absolute atomic E-state index is 2.87. The van der Waals surface area contributed by atoms with Crippen LogP contribution in [0.3, 0.4) is 0 Å². The third kappa shape index (κ3) is 3.54. The molecule has 1 saturated heterocycles. The monoisotopic (exact) mass is 546 g/mol. The molecule has 1 nitrogen and oxygen atoms in total. The summed E-state index contributed by atoms with van der Waals surface area (Å²) in [6.45, 7) is 11.9. The Labute approximate surface area is 245 Å². The molecule has 1 aromatic heterocycles. The Hall–Kier alpha value is -2.71. The first-order valence-electron chi connectivity index (χ1n) is 15.8. The highest BCUT2D eigenvalue weighted by atomic mass is 32.1. The van der Waals surface area contributed by atoms with Crippen molar-refractivity contribution in [2.75, 3.05) is 0 Å². The minimum absolute atomic E-state index is 0.0947. The lowest BCUT2D eigenvalue weighted by Gasteiger charge is -2.62. The second kappa shape index (κ2) is 9.69. The third-order valence-corrected chi connectivity index (χ3v) is 12.3. The van der Waals surface area contributed by atoms with Gasteiger partial charge >= 0.3 is 0 Å². The summed E-state index contributed by atoms with van der Waals surface area (Å²) in [6.07, 6.45) is 26.1. The summed E-state index contributed by atoms with van der Waals surface area (Å²) in [5.74, 6) is 1.15. The minimum Gasteiger partial charge on any atom is -0.222 e. The van der Waals surface area contributed by atoms with Crippen LogP contribution in [0.2, 0.25) is 0 Å². The summed E-state index contributed by atoms with van der Waals surface area (Å²) in [5, 5.41) is 0. The highest BCUT2D eigenvalue weighted by molar-refractivity contribution is 7.14. The molecule has 206 valence electrons. The fraction of sp³-hybridized carbons (Fsp3) is 0.447. The SMILES string of the molecule is CCCC1=CC=C(c2sc3c(c2-c2ccccc2)C=[N+]2C(C3)C3C=C(C)C=C(C)C3C3(CC)C=CC23CC)CC1. The normalized spacial score (nSPS) is 31.8. The van der Waals surface area contributed by atoms with Crippen LogP contribution in [0.5, 0.6) is 0 Å². The van der Waals surface area contributed by atoms with Gasteiger partial charge in [0.25, 0.3) is 0 Å². The fourth-order valence-corrected chi connectivity index (χ4v) is 10.7. The number of rotatable bonds is 6. The molecule has 0 radical (unpaired) electrons. The van der Waals surface area contributed by atoms with Gasteiger partial charge in [-0.25, -0.2) is 4.58 Å². The lowest BCUT2D eigenvalue weighted by Crippen LogP contribution is -2.72. The Morgan fingerprint density at radius 2 is 1.80 bits per heavy atom. The van der Waals surface area contributed by atoms with Crippen molar-refractivity contribution in [2.24, 2.45) is 17.3 Å². The molecule has 1 fully saturated rings. The van der Waals surface area contributed by atoms with E-state index in [1.54, 1.807) is 16.0 Å². The first-order valence-corrected chi connectivity index (χ1v) is 16.6. The van der Waals surface area contributed by atoms with Crippen molar-refractivity contribution in [2.45, 2.75) is 91.1 Å². The summed E-state index contributed by atoms with van der Waals surface area (Å²) in [5.41, 5.74) is 10.8. The van der Waals surface area contributed by atoms with Gasteiger partial charge in [0.2, 0.25) is 0 Å². The number of allylic oxidation sites excluding steroid dienone is 7. The van der Waals surface area contributed by atoms with Gasteiger partial charge in [0.15, 0.2) is 17.8 Å². The number of thiophene rings is 1. The summed E-state index contributed by atoms with van der Waals surface area (Å²) in [6, 6.07) is 11.7. The molecule has 5 atom stereocenters. The summed E-state index contributed by atoms with van der Waals surface area (Å²) < 4.78 is 2.87. The van der Waals surface area contributed by atoms with Crippen molar-refractivity contribution < 1.29 is 4.58 Å². The van der Waals surface area contributed by atoms with Crippen LogP contribution in [0.1, 0.15) is 88.5 Å². The molecule has 7 rings (SSSR count). The van der Waals surface area contributed by atoms with E-state index in [0.29, 0.717) is 17.9 Å². The van der Waals surface area contributed by atoms with Crippen molar-refractivity contribution >= 4 is 23.1 Å². The average molecular weight is 547 g/mol. The molecule has 0 amide bonds. The van der Waals surface area contributed by atoms with E-state index in [9.17, 15) is 0 Å². The largest absolute Gasteiger partial charge is 0.222 e. The summed E-state index contributed by atoms with van der Waals surface area (Å²) in [7, 11) is 0. The van der Waals surface area contributed by atoms with Gasteiger partial charge in [-0.3, -0.25) is 0 Å². The molecule has 40 heavy (non-hydrogen) atoms. The topological polar surface area (TPSA) is 3.01 Å². The van der Waals surface area contributed by atoms with Crippen LogP contribution in [0, 0.1) is 17.3 Å². The molecular formula is C38H44NS+. The zero-order chi connectivity index (χ0) is 27.6. The average Bonchev–Trinajstić information content (AvgIpc) is 3.33. The second-order valence-corrected chi connectivity index (χ2v) is 14.0. The minimum atomic E-state index is 0.0947. The van der Waals surface area contributed by atoms with Crippen molar-refractivity contribution in [1.29, 1.82) is 0 Å². The predicted molar refractivity (Wildman–Crippen MR) is 172 cm³/mol. The number of nitrogens with zero attached hydrogens (tertiary/aromatic N) is 1. The van der Waals surface area contributed by atoms with Crippen LogP contribution in [0.4, 0.5) is 0 Å². The van der Waals surface area contributed by atoms with Crippen molar-refractivity contribution in [1.82, 2.24) is 0 Å². The molecule has 1 aromatic carbocycles. The van der Waals surface area contributed by atoms with E-state index >= 15 is 0 Å². The van der Waals surface area contributed by atoms with Gasteiger partial charge in [0, 0.05) is 40.0 Å². The van der Waals surface area contributed by atoms with Gasteiger partial charge in [-0.1, -0.05) is 105 Å². The summed E-state index contributed by atoms with van der Waals surface area (Å²) >= 11 is 2.10. The van der Waals surface area contributed by atoms with Crippen molar-refractivity contribution in [3.8, 4) is 11.1 Å². The third-order valence-electron chi connectivity index (χ3n) is 11.0. The highest BCUT2D eigenvalue weighted by Crippen LogP contribution is 2.65. The van der Waals surface area contributed by atoms with Crippen LogP contribution in [0.15, 0.2) is 83.5 Å². The van der Waals surface area contributed by atoms with E-state index in [0.717, 1.165) is 19.3 Å². The van der Waals surface area contributed by atoms with Crippen LogP contribution in [-0.2, 0) is 6.42 Å². The maximum Gasteiger partial charge on any atom is 0.190 e. The molecule has 2 aliphatic heterocycles. The van der Waals surface area contributed by atoms with Gasteiger partial charge in [-0.2, -0.15) is 0 Å². The Balaban J connectivity index is 1.44. The van der Waals surface area contributed by atoms with E-state index in [4.69, 9.17) is 0 Å². The fourth-order valence-electron chi connectivity index (χ4n) is 9.30. The van der Waals surface area contributed by atoms with Gasteiger partial charge < -0.3 is 0 Å². The smallest absolute Gasteiger partial charge is 0.190 e. The lowest BCUT2D eigenvalue weighted by atomic mass is 9.44. The molecule has 2 aromatic rings. The zero-order valence-corrected chi connectivity index (χ0v) is 25.8. The Kier molecular flexibility index (Phi) is 6.35. The molecule has 2 heteroatoms. The molecule has 0 N–H and O–H groups in total. The lowest BCUT2D eigenvalue weighted by molar-refractivity contribution is -0.670. The molecule has 0 spiro atoms. The number of benzene rings is 1. The van der Waals surface area contributed by atoms with E-state index in [1.165, 1.54) is 58.4 Å². The molecular weight excluding hydrogens is 502 g/mol. The number of hydrogen-bond acceptors (Lipinski definition) is 1. The second-order valence-electron chi connectivity index (χ2n) is 12.9. The number of piperidine rings is 1. The van der Waals surface area contributed by atoms with Gasteiger partial charge in [-0.05, 0) is 56.7 Å². The number of hydrogen-bond donors (Lipinski definition) is 0. The number of fused-ring (bicyclic) bond motifs is 7. The molecule has 0 bridgehead atoms. The standard InChI is InChI=1S/C38H44NS/c1-6-12-27-15-17-29(18-16-27)36-34(28-13-10-9-11-14-28)31-24-39-32(23-33(31)40-36)30-22-25(4)21-26(5)35(30)37(7-2)19-20-38(37,39)8-3/h9-11,13-15,17,19-22,24,30,32,35H,6-8,12,16,18,23H2,1-5H3/q+1. The van der Waals surface area contributed by atoms with Gasteiger partial charge in [0.1, 0.15) is 0 Å². The van der Waals surface area contributed by atoms with E-state index in [2.05, 4.69) is 124 Å². The quantitative estimate of drug-likeness (QED) is 0.250. The molecule has 0 saturated carbocycles. The maximum atomic E-state index is 2.87. The first-order chi connectivity index (χ1) is 19.5.